The summed E-state index contributed by atoms with van der Waals surface area (Å²) in [6, 6.07) is 0. The Balaban J connectivity index is 1.50. The van der Waals surface area contributed by atoms with Gasteiger partial charge in [0.05, 0.1) is 5.41 Å². The summed E-state index contributed by atoms with van der Waals surface area (Å²) in [4.78, 5) is 15.8. The van der Waals surface area contributed by atoms with Crippen molar-refractivity contribution < 1.29 is 4.79 Å². The summed E-state index contributed by atoms with van der Waals surface area (Å²) >= 11 is 2.07. The van der Waals surface area contributed by atoms with E-state index in [-0.39, 0.29) is 5.41 Å². The Morgan fingerprint density at radius 3 is 2.32 bits per heavy atom. The van der Waals surface area contributed by atoms with Crippen molar-refractivity contribution in [2.75, 3.05) is 18.8 Å². The van der Waals surface area contributed by atoms with E-state index in [1.807, 2.05) is 0 Å². The first-order valence-corrected chi connectivity index (χ1v) is 10.6. The molecule has 0 N–H and O–H groups in total. The van der Waals surface area contributed by atoms with Crippen molar-refractivity contribution in [3.63, 3.8) is 0 Å². The maximum Gasteiger partial charge on any atom is 0.228 e. The summed E-state index contributed by atoms with van der Waals surface area (Å²) in [7, 11) is 0. The van der Waals surface area contributed by atoms with Gasteiger partial charge in [-0.1, -0.05) is 13.3 Å². The summed E-state index contributed by atoms with van der Waals surface area (Å²) in [6.45, 7) is 4.31. The second kappa shape index (κ2) is 6.03. The molecular formula is C19H31NOS. The molecule has 3 heteroatoms. The van der Waals surface area contributed by atoms with Crippen molar-refractivity contribution in [3.8, 4) is 0 Å². The Kier molecular flexibility index (Phi) is 4.21. The van der Waals surface area contributed by atoms with Gasteiger partial charge in [0.2, 0.25) is 5.91 Å². The molecule has 22 heavy (non-hydrogen) atoms. The van der Waals surface area contributed by atoms with Crippen LogP contribution in [0.25, 0.3) is 0 Å². The molecule has 124 valence electrons. The van der Waals surface area contributed by atoms with E-state index in [0.717, 1.165) is 30.8 Å². The highest BCUT2D eigenvalue weighted by Crippen LogP contribution is 2.60. The van der Waals surface area contributed by atoms with Crippen molar-refractivity contribution in [2.45, 2.75) is 70.0 Å². The van der Waals surface area contributed by atoms with E-state index in [0.29, 0.717) is 11.2 Å². The van der Waals surface area contributed by atoms with E-state index in [1.165, 1.54) is 63.5 Å². The molecule has 1 amide bonds. The third-order valence-electron chi connectivity index (χ3n) is 6.81. The number of nitrogens with zero attached hydrogens (tertiary/aromatic N) is 1. The summed E-state index contributed by atoms with van der Waals surface area (Å²) in [5.74, 6) is 4.38. The SMILES string of the molecule is CCSC1CCCCN(C(=O)C23CC4CC(CC(C4)C2)C3)C1. The molecule has 1 saturated heterocycles. The summed E-state index contributed by atoms with van der Waals surface area (Å²) in [5, 5.41) is 0.686. The van der Waals surface area contributed by atoms with E-state index < -0.39 is 0 Å². The van der Waals surface area contributed by atoms with Gasteiger partial charge >= 0.3 is 0 Å². The smallest absolute Gasteiger partial charge is 0.228 e. The molecule has 5 fully saturated rings. The molecule has 0 aromatic heterocycles. The van der Waals surface area contributed by atoms with Gasteiger partial charge in [0.1, 0.15) is 0 Å². The van der Waals surface area contributed by atoms with E-state index in [4.69, 9.17) is 0 Å². The average molecular weight is 322 g/mol. The topological polar surface area (TPSA) is 20.3 Å². The number of amides is 1. The second-order valence-electron chi connectivity index (χ2n) is 8.52. The zero-order valence-corrected chi connectivity index (χ0v) is 14.9. The van der Waals surface area contributed by atoms with Crippen LogP contribution >= 0.6 is 11.8 Å². The predicted molar refractivity (Wildman–Crippen MR) is 93.0 cm³/mol. The molecule has 2 nitrogen and oxygen atoms in total. The lowest BCUT2D eigenvalue weighted by Gasteiger charge is -2.56. The van der Waals surface area contributed by atoms with Crippen molar-refractivity contribution >= 4 is 17.7 Å². The van der Waals surface area contributed by atoms with E-state index in [9.17, 15) is 4.79 Å². The van der Waals surface area contributed by atoms with Crippen LogP contribution in [-0.4, -0.2) is 34.9 Å². The van der Waals surface area contributed by atoms with Gasteiger partial charge in [-0.25, -0.2) is 0 Å². The molecule has 0 spiro atoms. The summed E-state index contributed by atoms with van der Waals surface area (Å²) in [6.07, 6.45) is 11.8. The van der Waals surface area contributed by atoms with Crippen molar-refractivity contribution in [1.29, 1.82) is 0 Å². The van der Waals surface area contributed by atoms with Crippen LogP contribution in [0.4, 0.5) is 0 Å². The fourth-order valence-electron chi connectivity index (χ4n) is 6.37. The number of likely N-dealkylation sites (tertiary alicyclic amines) is 1. The van der Waals surface area contributed by atoms with Crippen LogP contribution < -0.4 is 0 Å². The number of thioether (sulfide) groups is 1. The van der Waals surface area contributed by atoms with Crippen molar-refractivity contribution in [2.24, 2.45) is 23.2 Å². The van der Waals surface area contributed by atoms with Gasteiger partial charge in [0.15, 0.2) is 0 Å². The second-order valence-corrected chi connectivity index (χ2v) is 10.1. The lowest BCUT2D eigenvalue weighted by molar-refractivity contribution is -0.157. The quantitative estimate of drug-likeness (QED) is 0.771. The zero-order valence-electron chi connectivity index (χ0n) is 14.1. The Morgan fingerprint density at radius 1 is 1.09 bits per heavy atom. The minimum absolute atomic E-state index is 0.0700. The molecule has 4 aliphatic carbocycles. The van der Waals surface area contributed by atoms with Crippen molar-refractivity contribution in [3.05, 3.63) is 0 Å². The maximum absolute atomic E-state index is 13.5. The molecule has 5 rings (SSSR count). The third-order valence-corrected chi connectivity index (χ3v) is 8.00. The average Bonchev–Trinajstić information content (AvgIpc) is 2.71. The normalized spacial score (nSPS) is 44.1. The van der Waals surface area contributed by atoms with Gasteiger partial charge in [0.25, 0.3) is 0 Å². The van der Waals surface area contributed by atoms with Crippen LogP contribution in [0.15, 0.2) is 0 Å². The lowest BCUT2D eigenvalue weighted by Crippen LogP contribution is -2.55. The van der Waals surface area contributed by atoms with Crippen LogP contribution in [0.5, 0.6) is 0 Å². The number of carbonyl (C=O) groups excluding carboxylic acids is 1. The molecule has 1 atom stereocenters. The van der Waals surface area contributed by atoms with Crippen LogP contribution in [0.1, 0.15) is 64.7 Å². The summed E-state index contributed by atoms with van der Waals surface area (Å²) in [5.41, 5.74) is 0.0700. The molecule has 1 unspecified atom stereocenters. The molecule has 4 saturated carbocycles. The number of hydrogen-bond donors (Lipinski definition) is 0. The van der Waals surface area contributed by atoms with E-state index in [2.05, 4.69) is 23.6 Å². The molecule has 5 aliphatic rings. The van der Waals surface area contributed by atoms with Gasteiger partial charge in [-0.2, -0.15) is 11.8 Å². The molecule has 0 aromatic rings. The highest BCUT2D eigenvalue weighted by Gasteiger charge is 2.55. The number of hydrogen-bond acceptors (Lipinski definition) is 2. The minimum Gasteiger partial charge on any atom is -0.341 e. The molecule has 0 radical (unpaired) electrons. The predicted octanol–water partition coefficient (Wildman–Crippen LogP) is 4.34. The van der Waals surface area contributed by atoms with Crippen molar-refractivity contribution in [1.82, 2.24) is 4.90 Å². The third kappa shape index (κ3) is 2.72. The highest BCUT2D eigenvalue weighted by molar-refractivity contribution is 7.99. The van der Waals surface area contributed by atoms with Crippen LogP contribution in [-0.2, 0) is 4.79 Å². The molecule has 1 aliphatic heterocycles. The first-order valence-electron chi connectivity index (χ1n) is 9.59. The van der Waals surface area contributed by atoms with Gasteiger partial charge in [0, 0.05) is 18.3 Å². The number of carbonyl (C=O) groups is 1. The Labute approximate surface area is 139 Å². The van der Waals surface area contributed by atoms with Crippen LogP contribution in [0, 0.1) is 23.2 Å². The number of rotatable bonds is 3. The largest absolute Gasteiger partial charge is 0.341 e. The maximum atomic E-state index is 13.5. The monoisotopic (exact) mass is 321 g/mol. The first kappa shape index (κ1) is 15.4. The van der Waals surface area contributed by atoms with E-state index >= 15 is 0 Å². The zero-order chi connectivity index (χ0) is 15.2. The van der Waals surface area contributed by atoms with Gasteiger partial charge < -0.3 is 4.90 Å². The Morgan fingerprint density at radius 2 is 1.73 bits per heavy atom. The Hall–Kier alpha value is -0.180. The molecule has 4 bridgehead atoms. The Bertz CT molecular complexity index is 400. The van der Waals surface area contributed by atoms with Gasteiger partial charge in [-0.15, -0.1) is 0 Å². The fraction of sp³-hybridized carbons (Fsp3) is 0.947. The first-order chi connectivity index (χ1) is 10.7. The fourth-order valence-corrected chi connectivity index (χ4v) is 7.46. The van der Waals surface area contributed by atoms with Gasteiger partial charge in [-0.3, -0.25) is 4.79 Å². The molecule has 1 heterocycles. The minimum atomic E-state index is 0.0700. The van der Waals surface area contributed by atoms with Crippen LogP contribution in [0.3, 0.4) is 0 Å². The molecule has 0 aromatic carbocycles. The standard InChI is InChI=1S/C19H31NOS/c1-2-22-17-5-3-4-6-20(13-17)18(21)19-10-14-7-15(11-19)9-16(8-14)12-19/h14-17H,2-13H2,1H3. The molecular weight excluding hydrogens is 290 g/mol. The van der Waals surface area contributed by atoms with Gasteiger partial charge in [-0.05, 0) is 74.9 Å². The summed E-state index contributed by atoms with van der Waals surface area (Å²) < 4.78 is 0. The lowest BCUT2D eigenvalue weighted by atomic mass is 9.49. The van der Waals surface area contributed by atoms with Crippen LogP contribution in [0.2, 0.25) is 0 Å². The van der Waals surface area contributed by atoms with E-state index in [1.54, 1.807) is 0 Å². The highest BCUT2D eigenvalue weighted by atomic mass is 32.2.